The quantitative estimate of drug-likeness (QED) is 0.628. The van der Waals surface area contributed by atoms with Crippen LogP contribution in [-0.4, -0.2) is 25.9 Å². The molecule has 0 bridgehead atoms. The molecule has 0 saturated heterocycles. The second kappa shape index (κ2) is 10.6. The van der Waals surface area contributed by atoms with Crippen LogP contribution in [0.15, 0.2) is 24.3 Å². The molecule has 0 aromatic heterocycles. The molecule has 0 spiro atoms. The minimum Gasteiger partial charge on any atom is -0.494 e. The molecule has 0 heterocycles. The summed E-state index contributed by atoms with van der Waals surface area (Å²) in [6.07, 6.45) is 6.79. The molecule has 2 atom stereocenters. The van der Waals surface area contributed by atoms with Crippen molar-refractivity contribution in [3.05, 3.63) is 29.8 Å². The summed E-state index contributed by atoms with van der Waals surface area (Å²) in [4.78, 5) is 0. The van der Waals surface area contributed by atoms with Crippen LogP contribution < -0.4 is 10.5 Å². The molecule has 0 saturated carbocycles. The SMILES string of the molecule is CCCCCCOc1ccc(CC(OC)C(N)CC)cc1. The van der Waals surface area contributed by atoms with Gasteiger partial charge < -0.3 is 15.2 Å². The van der Waals surface area contributed by atoms with E-state index in [0.717, 1.165) is 31.6 Å². The largest absolute Gasteiger partial charge is 0.494 e. The van der Waals surface area contributed by atoms with Gasteiger partial charge in [0.2, 0.25) is 0 Å². The van der Waals surface area contributed by atoms with Crippen molar-refractivity contribution in [2.24, 2.45) is 5.73 Å². The van der Waals surface area contributed by atoms with Crippen LogP contribution in [0.3, 0.4) is 0 Å². The molecule has 0 fully saturated rings. The minimum atomic E-state index is 0.0795. The molecule has 0 radical (unpaired) electrons. The van der Waals surface area contributed by atoms with E-state index in [1.165, 1.54) is 24.8 Å². The molecule has 3 nitrogen and oxygen atoms in total. The van der Waals surface area contributed by atoms with E-state index in [1.54, 1.807) is 7.11 Å². The van der Waals surface area contributed by atoms with E-state index in [-0.39, 0.29) is 12.1 Å². The van der Waals surface area contributed by atoms with Gasteiger partial charge in [-0.05, 0) is 30.5 Å². The fourth-order valence-electron chi connectivity index (χ4n) is 2.35. The maximum absolute atomic E-state index is 6.06. The van der Waals surface area contributed by atoms with Crippen molar-refractivity contribution < 1.29 is 9.47 Å². The second-order valence-electron chi connectivity index (χ2n) is 5.60. The van der Waals surface area contributed by atoms with Crippen LogP contribution in [0.2, 0.25) is 0 Å². The first-order chi connectivity index (χ1) is 10.2. The Morgan fingerprint density at radius 3 is 2.33 bits per heavy atom. The summed E-state index contributed by atoms with van der Waals surface area (Å²) >= 11 is 0. The topological polar surface area (TPSA) is 44.5 Å². The van der Waals surface area contributed by atoms with Crippen LogP contribution >= 0.6 is 0 Å². The van der Waals surface area contributed by atoms with Crippen molar-refractivity contribution in [3.63, 3.8) is 0 Å². The van der Waals surface area contributed by atoms with Gasteiger partial charge in [0.25, 0.3) is 0 Å². The lowest BCUT2D eigenvalue weighted by Crippen LogP contribution is -2.37. The molecule has 0 aliphatic carbocycles. The van der Waals surface area contributed by atoms with Gasteiger partial charge >= 0.3 is 0 Å². The van der Waals surface area contributed by atoms with Gasteiger partial charge in [-0.15, -0.1) is 0 Å². The predicted octanol–water partition coefficient (Wildman–Crippen LogP) is 3.94. The Morgan fingerprint density at radius 1 is 1.05 bits per heavy atom. The van der Waals surface area contributed by atoms with Crippen LogP contribution in [0, 0.1) is 0 Å². The maximum atomic E-state index is 6.06. The monoisotopic (exact) mass is 293 g/mol. The first-order valence-corrected chi connectivity index (χ1v) is 8.21. The van der Waals surface area contributed by atoms with Crippen molar-refractivity contribution in [1.82, 2.24) is 0 Å². The Labute approximate surface area is 129 Å². The normalized spacial score (nSPS) is 13.9. The highest BCUT2D eigenvalue weighted by atomic mass is 16.5. The first-order valence-electron chi connectivity index (χ1n) is 8.21. The Hall–Kier alpha value is -1.06. The van der Waals surface area contributed by atoms with E-state index >= 15 is 0 Å². The van der Waals surface area contributed by atoms with Gasteiger partial charge in [0, 0.05) is 19.6 Å². The third kappa shape index (κ3) is 6.96. The Bertz CT molecular complexity index is 364. The average Bonchev–Trinajstić information content (AvgIpc) is 2.53. The first kappa shape index (κ1) is 18.0. The van der Waals surface area contributed by atoms with E-state index in [0.29, 0.717) is 0 Å². The Morgan fingerprint density at radius 2 is 1.76 bits per heavy atom. The number of nitrogens with two attached hydrogens (primary N) is 1. The molecule has 2 N–H and O–H groups in total. The van der Waals surface area contributed by atoms with Crippen LogP contribution in [0.5, 0.6) is 5.75 Å². The highest BCUT2D eigenvalue weighted by Crippen LogP contribution is 2.16. The van der Waals surface area contributed by atoms with Crippen LogP contribution in [0.25, 0.3) is 0 Å². The van der Waals surface area contributed by atoms with Crippen LogP contribution in [-0.2, 0) is 11.2 Å². The molecule has 1 aromatic carbocycles. The summed E-state index contributed by atoms with van der Waals surface area (Å²) in [5.74, 6) is 0.948. The van der Waals surface area contributed by atoms with E-state index < -0.39 is 0 Å². The van der Waals surface area contributed by atoms with Gasteiger partial charge in [-0.3, -0.25) is 0 Å². The van der Waals surface area contributed by atoms with Crippen LogP contribution in [0.1, 0.15) is 51.5 Å². The van der Waals surface area contributed by atoms with Gasteiger partial charge in [-0.2, -0.15) is 0 Å². The molecule has 3 heteroatoms. The molecule has 1 aromatic rings. The van der Waals surface area contributed by atoms with Gasteiger partial charge in [0.1, 0.15) is 5.75 Å². The second-order valence-corrected chi connectivity index (χ2v) is 5.60. The van der Waals surface area contributed by atoms with E-state index in [4.69, 9.17) is 15.2 Å². The molecule has 0 aliphatic rings. The van der Waals surface area contributed by atoms with Crippen LogP contribution in [0.4, 0.5) is 0 Å². The predicted molar refractivity (Wildman–Crippen MR) is 88.8 cm³/mol. The molecule has 120 valence electrons. The van der Waals surface area contributed by atoms with Gasteiger partial charge in [-0.1, -0.05) is 45.2 Å². The zero-order valence-electron chi connectivity index (χ0n) is 13.8. The zero-order valence-corrected chi connectivity index (χ0v) is 13.8. The molecule has 1 rings (SSSR count). The number of unbranched alkanes of at least 4 members (excludes halogenated alkanes) is 3. The smallest absolute Gasteiger partial charge is 0.119 e. The summed E-state index contributed by atoms with van der Waals surface area (Å²) in [6.45, 7) is 5.12. The minimum absolute atomic E-state index is 0.0795. The van der Waals surface area contributed by atoms with E-state index in [9.17, 15) is 0 Å². The number of rotatable bonds is 11. The lowest BCUT2D eigenvalue weighted by atomic mass is 10.0. The van der Waals surface area contributed by atoms with Crippen molar-refractivity contribution in [2.75, 3.05) is 13.7 Å². The number of ether oxygens (including phenoxy) is 2. The van der Waals surface area contributed by atoms with Crippen molar-refractivity contribution in [1.29, 1.82) is 0 Å². The fraction of sp³-hybridized carbons (Fsp3) is 0.667. The van der Waals surface area contributed by atoms with E-state index in [1.807, 2.05) is 12.1 Å². The number of methoxy groups -OCH3 is 1. The summed E-state index contributed by atoms with van der Waals surface area (Å²) < 4.78 is 11.2. The van der Waals surface area contributed by atoms with Crippen molar-refractivity contribution >= 4 is 0 Å². The summed E-state index contributed by atoms with van der Waals surface area (Å²) in [6, 6.07) is 8.38. The molecule has 2 unspecified atom stereocenters. The van der Waals surface area contributed by atoms with E-state index in [2.05, 4.69) is 26.0 Å². The third-order valence-electron chi connectivity index (χ3n) is 3.88. The lowest BCUT2D eigenvalue weighted by Gasteiger charge is -2.21. The molecular weight excluding hydrogens is 262 g/mol. The summed E-state index contributed by atoms with van der Waals surface area (Å²) in [7, 11) is 1.73. The third-order valence-corrected chi connectivity index (χ3v) is 3.88. The highest BCUT2D eigenvalue weighted by molar-refractivity contribution is 5.27. The standard InChI is InChI=1S/C18H31NO2/c1-4-6-7-8-13-21-16-11-9-15(10-12-16)14-18(20-3)17(19)5-2/h9-12,17-18H,4-8,13-14,19H2,1-3H3. The van der Waals surface area contributed by atoms with Gasteiger partial charge in [0.15, 0.2) is 0 Å². The Balaban J connectivity index is 2.39. The zero-order chi connectivity index (χ0) is 15.5. The number of hydrogen-bond acceptors (Lipinski definition) is 3. The Kier molecular flexibility index (Phi) is 9.11. The maximum Gasteiger partial charge on any atom is 0.119 e. The summed E-state index contributed by atoms with van der Waals surface area (Å²) in [5.41, 5.74) is 7.30. The number of benzene rings is 1. The summed E-state index contributed by atoms with van der Waals surface area (Å²) in [5, 5.41) is 0. The van der Waals surface area contributed by atoms with Gasteiger partial charge in [-0.25, -0.2) is 0 Å². The molecular formula is C18H31NO2. The van der Waals surface area contributed by atoms with Gasteiger partial charge in [0.05, 0.1) is 12.7 Å². The lowest BCUT2D eigenvalue weighted by molar-refractivity contribution is 0.0795. The number of hydrogen-bond donors (Lipinski definition) is 1. The highest BCUT2D eigenvalue weighted by Gasteiger charge is 2.15. The van der Waals surface area contributed by atoms with Crippen molar-refractivity contribution in [3.8, 4) is 5.75 Å². The molecule has 0 amide bonds. The molecule has 21 heavy (non-hydrogen) atoms. The fourth-order valence-corrected chi connectivity index (χ4v) is 2.35. The van der Waals surface area contributed by atoms with Crippen molar-refractivity contribution in [2.45, 2.75) is 64.5 Å². The average molecular weight is 293 g/mol. The molecule has 0 aliphatic heterocycles.